The van der Waals surface area contributed by atoms with Crippen molar-refractivity contribution in [2.75, 3.05) is 11.9 Å². The van der Waals surface area contributed by atoms with Crippen LogP contribution in [0.5, 0.6) is 0 Å². The molecule has 2 aliphatic rings. The Balaban J connectivity index is 1.55. The van der Waals surface area contributed by atoms with Gasteiger partial charge in [0.2, 0.25) is 11.8 Å². The minimum atomic E-state index is -0.185. The zero-order valence-electron chi connectivity index (χ0n) is 15.4. The molecular weight excluding hydrogens is 340 g/mol. The Hall–Kier alpha value is -2.95. The first-order valence-electron chi connectivity index (χ1n) is 9.37. The summed E-state index contributed by atoms with van der Waals surface area (Å²) in [5.74, 6) is -0.424. The Morgan fingerprint density at radius 3 is 2.33 bits per heavy atom. The van der Waals surface area contributed by atoms with E-state index in [1.165, 1.54) is 16.0 Å². The van der Waals surface area contributed by atoms with Crippen LogP contribution in [0, 0.1) is 0 Å². The molecule has 0 radical (unpaired) electrons. The highest BCUT2D eigenvalue weighted by molar-refractivity contribution is 6.19. The summed E-state index contributed by atoms with van der Waals surface area (Å²) >= 11 is 0. The molecule has 5 nitrogen and oxygen atoms in total. The number of anilines is 1. The highest BCUT2D eigenvalue weighted by atomic mass is 16.2. The van der Waals surface area contributed by atoms with Crippen LogP contribution in [-0.2, 0) is 16.0 Å². The molecule has 5 heteroatoms. The van der Waals surface area contributed by atoms with Crippen molar-refractivity contribution in [1.29, 1.82) is 0 Å². The zero-order chi connectivity index (χ0) is 19.0. The fraction of sp³-hybridized carbons (Fsp3) is 0.318. The van der Waals surface area contributed by atoms with Crippen molar-refractivity contribution < 1.29 is 14.4 Å². The lowest BCUT2D eigenvalue weighted by atomic mass is 9.87. The fourth-order valence-electron chi connectivity index (χ4n) is 4.09. The lowest BCUT2D eigenvalue weighted by molar-refractivity contribution is -0.121. The summed E-state index contributed by atoms with van der Waals surface area (Å²) in [5.41, 5.74) is 3.63. The summed E-state index contributed by atoms with van der Waals surface area (Å²) in [6.45, 7) is 0. The van der Waals surface area contributed by atoms with E-state index < -0.39 is 0 Å². The number of fused-ring (bicyclic) bond motifs is 1. The van der Waals surface area contributed by atoms with Crippen molar-refractivity contribution in [2.45, 2.75) is 38.1 Å². The number of benzene rings is 2. The highest BCUT2D eigenvalue weighted by Crippen LogP contribution is 2.34. The Morgan fingerprint density at radius 1 is 0.963 bits per heavy atom. The van der Waals surface area contributed by atoms with E-state index in [1.807, 2.05) is 19.2 Å². The predicted molar refractivity (Wildman–Crippen MR) is 102 cm³/mol. The molecule has 1 aliphatic heterocycles. The number of hydrogen-bond donors (Lipinski definition) is 0. The molecule has 4 rings (SSSR count). The lowest BCUT2D eigenvalue weighted by Gasteiger charge is -2.33. The molecule has 0 spiro atoms. The van der Waals surface area contributed by atoms with Gasteiger partial charge in [-0.15, -0.1) is 0 Å². The second kappa shape index (κ2) is 6.99. The van der Waals surface area contributed by atoms with Crippen LogP contribution in [0.4, 0.5) is 5.69 Å². The van der Waals surface area contributed by atoms with Crippen molar-refractivity contribution in [3.05, 3.63) is 65.2 Å². The van der Waals surface area contributed by atoms with Gasteiger partial charge in [0.15, 0.2) is 0 Å². The molecule has 0 N–H and O–H groups in total. The number of rotatable bonds is 3. The minimum absolute atomic E-state index is 0.0534. The largest absolute Gasteiger partial charge is 0.335 e. The number of amides is 3. The molecule has 1 fully saturated rings. The van der Waals surface area contributed by atoms with Gasteiger partial charge in [-0.1, -0.05) is 24.3 Å². The molecule has 1 heterocycles. The molecule has 0 saturated carbocycles. The first-order valence-corrected chi connectivity index (χ1v) is 9.37. The third kappa shape index (κ3) is 3.14. The summed E-state index contributed by atoms with van der Waals surface area (Å²) in [4.78, 5) is 39.7. The molecule has 0 bridgehead atoms. The van der Waals surface area contributed by atoms with Crippen LogP contribution in [0.1, 0.15) is 53.2 Å². The molecular formula is C22H22N2O3. The molecule has 27 heavy (non-hydrogen) atoms. The van der Waals surface area contributed by atoms with Crippen LogP contribution in [-0.4, -0.2) is 29.7 Å². The summed E-state index contributed by atoms with van der Waals surface area (Å²) < 4.78 is 0. The van der Waals surface area contributed by atoms with Gasteiger partial charge >= 0.3 is 0 Å². The Bertz CT molecular complexity index is 888. The average molecular weight is 362 g/mol. The molecule has 1 atom stereocenters. The smallest absolute Gasteiger partial charge is 0.254 e. The van der Waals surface area contributed by atoms with Crippen LogP contribution in [0.15, 0.2) is 48.5 Å². The summed E-state index contributed by atoms with van der Waals surface area (Å²) in [7, 11) is 1.84. The SMILES string of the molecule is CN(C(=O)c1ccc(N2C(=O)CCC2=O)cc1)C1CCCc2ccccc21. The summed E-state index contributed by atoms with van der Waals surface area (Å²) in [6, 6.07) is 15.1. The van der Waals surface area contributed by atoms with Gasteiger partial charge in [-0.2, -0.15) is 0 Å². The van der Waals surface area contributed by atoms with E-state index in [2.05, 4.69) is 12.1 Å². The van der Waals surface area contributed by atoms with E-state index in [9.17, 15) is 14.4 Å². The zero-order valence-corrected chi connectivity index (χ0v) is 15.4. The van der Waals surface area contributed by atoms with Crippen molar-refractivity contribution in [2.24, 2.45) is 0 Å². The van der Waals surface area contributed by atoms with E-state index >= 15 is 0 Å². The van der Waals surface area contributed by atoms with Gasteiger partial charge in [0, 0.05) is 25.5 Å². The van der Waals surface area contributed by atoms with Gasteiger partial charge in [-0.3, -0.25) is 19.3 Å². The number of nitrogens with zero attached hydrogens (tertiary/aromatic N) is 2. The molecule has 1 unspecified atom stereocenters. The van der Waals surface area contributed by atoms with Gasteiger partial charge in [0.05, 0.1) is 11.7 Å². The normalized spacial score (nSPS) is 19.1. The summed E-state index contributed by atoms with van der Waals surface area (Å²) in [5, 5.41) is 0. The molecule has 3 amide bonds. The second-order valence-corrected chi connectivity index (χ2v) is 7.19. The van der Waals surface area contributed by atoms with Crippen LogP contribution < -0.4 is 4.90 Å². The van der Waals surface area contributed by atoms with Gasteiger partial charge in [0.25, 0.3) is 5.91 Å². The predicted octanol–water partition coefficient (Wildman–Crippen LogP) is 3.49. The number of imide groups is 1. The number of hydrogen-bond acceptors (Lipinski definition) is 3. The van der Waals surface area contributed by atoms with Crippen LogP contribution in [0.2, 0.25) is 0 Å². The third-order valence-electron chi connectivity index (χ3n) is 5.55. The minimum Gasteiger partial charge on any atom is -0.335 e. The molecule has 1 saturated heterocycles. The van der Waals surface area contributed by atoms with Crippen LogP contribution in [0.3, 0.4) is 0 Å². The monoisotopic (exact) mass is 362 g/mol. The van der Waals surface area contributed by atoms with Crippen LogP contribution in [0.25, 0.3) is 0 Å². The van der Waals surface area contributed by atoms with Gasteiger partial charge in [-0.05, 0) is 54.7 Å². The van der Waals surface area contributed by atoms with Crippen molar-refractivity contribution >= 4 is 23.4 Å². The molecule has 138 valence electrons. The molecule has 0 aromatic heterocycles. The first-order chi connectivity index (χ1) is 13.1. The van der Waals surface area contributed by atoms with E-state index in [-0.39, 0.29) is 36.6 Å². The number of carbonyl (C=O) groups is 3. The van der Waals surface area contributed by atoms with E-state index in [1.54, 1.807) is 29.2 Å². The van der Waals surface area contributed by atoms with E-state index in [0.717, 1.165) is 19.3 Å². The third-order valence-corrected chi connectivity index (χ3v) is 5.55. The molecule has 2 aromatic rings. The fourth-order valence-corrected chi connectivity index (χ4v) is 4.09. The first kappa shape index (κ1) is 17.5. The molecule has 1 aliphatic carbocycles. The number of aryl methyl sites for hydroxylation is 1. The summed E-state index contributed by atoms with van der Waals surface area (Å²) in [6.07, 6.45) is 3.58. The maximum atomic E-state index is 13.0. The van der Waals surface area contributed by atoms with Crippen molar-refractivity contribution in [3.8, 4) is 0 Å². The van der Waals surface area contributed by atoms with Crippen molar-refractivity contribution in [3.63, 3.8) is 0 Å². The topological polar surface area (TPSA) is 57.7 Å². The van der Waals surface area contributed by atoms with Gasteiger partial charge in [0.1, 0.15) is 0 Å². The maximum Gasteiger partial charge on any atom is 0.254 e. The Kier molecular flexibility index (Phi) is 4.52. The lowest BCUT2D eigenvalue weighted by Crippen LogP contribution is -2.33. The number of carbonyl (C=O) groups excluding carboxylic acids is 3. The quantitative estimate of drug-likeness (QED) is 0.786. The highest BCUT2D eigenvalue weighted by Gasteiger charge is 2.31. The van der Waals surface area contributed by atoms with Crippen molar-refractivity contribution in [1.82, 2.24) is 4.90 Å². The van der Waals surface area contributed by atoms with Gasteiger partial charge in [-0.25, -0.2) is 0 Å². The standard InChI is InChI=1S/C22H22N2O3/c1-23(19-8-4-6-15-5-2-3-7-18(15)19)22(27)16-9-11-17(12-10-16)24-20(25)13-14-21(24)26/h2-3,5,7,9-12,19H,4,6,8,13-14H2,1H3. The van der Waals surface area contributed by atoms with E-state index in [4.69, 9.17) is 0 Å². The average Bonchev–Trinajstić information content (AvgIpc) is 3.04. The molecule has 2 aromatic carbocycles. The van der Waals surface area contributed by atoms with Crippen LogP contribution >= 0.6 is 0 Å². The maximum absolute atomic E-state index is 13.0. The Morgan fingerprint density at radius 2 is 1.63 bits per heavy atom. The second-order valence-electron chi connectivity index (χ2n) is 7.19. The van der Waals surface area contributed by atoms with Gasteiger partial charge < -0.3 is 4.90 Å². The van der Waals surface area contributed by atoms with E-state index in [0.29, 0.717) is 11.3 Å². The Labute approximate surface area is 158 Å².